The van der Waals surface area contributed by atoms with Crippen molar-refractivity contribution in [2.45, 2.75) is 13.8 Å². The van der Waals surface area contributed by atoms with E-state index in [-0.39, 0.29) is 5.56 Å². The van der Waals surface area contributed by atoms with Crippen molar-refractivity contribution in [1.82, 2.24) is 5.32 Å². The normalized spacial score (nSPS) is 9.55. The zero-order chi connectivity index (χ0) is 15.1. The van der Waals surface area contributed by atoms with E-state index in [0.717, 1.165) is 5.57 Å². The van der Waals surface area contributed by atoms with E-state index in [1.807, 2.05) is 19.9 Å². The molecule has 0 fully saturated rings. The highest BCUT2D eigenvalue weighted by Gasteiger charge is 2.11. The third-order valence-electron chi connectivity index (χ3n) is 2.47. The number of amides is 2. The predicted octanol–water partition coefficient (Wildman–Crippen LogP) is 2.48. The topological polar surface area (TPSA) is 87.7 Å². The zero-order valence-corrected chi connectivity index (χ0v) is 11.7. The summed E-state index contributed by atoms with van der Waals surface area (Å²) in [6.45, 7) is 4.26. The summed E-state index contributed by atoms with van der Waals surface area (Å²) in [6.07, 6.45) is 1.87. The molecular formula is C14H18N2O4. The maximum Gasteiger partial charge on any atom is 0.335 e. The van der Waals surface area contributed by atoms with Crippen LogP contribution in [0.5, 0.6) is 5.75 Å². The second-order valence-corrected chi connectivity index (χ2v) is 4.34. The Balaban J connectivity index is 2.79. The standard InChI is InChI=1S/C14H18N2O4/c1-9(2)6-7-15-14(19)16-11-8-10(13(17)18)4-5-12(11)20-3/h4-6,8H,7H2,1-3H3,(H,17,18)(H2,15,16,19). The van der Waals surface area contributed by atoms with Crippen LogP contribution in [-0.4, -0.2) is 30.8 Å². The molecule has 0 aliphatic carbocycles. The van der Waals surface area contributed by atoms with Crippen molar-refractivity contribution in [3.63, 3.8) is 0 Å². The number of urea groups is 1. The van der Waals surface area contributed by atoms with Crippen molar-refractivity contribution < 1.29 is 19.4 Å². The second-order valence-electron chi connectivity index (χ2n) is 4.34. The summed E-state index contributed by atoms with van der Waals surface area (Å²) in [6, 6.07) is 3.83. The van der Waals surface area contributed by atoms with Crippen molar-refractivity contribution in [3.05, 3.63) is 35.4 Å². The van der Waals surface area contributed by atoms with Gasteiger partial charge < -0.3 is 20.5 Å². The van der Waals surface area contributed by atoms with Crippen LogP contribution in [0.3, 0.4) is 0 Å². The number of hydrogen-bond acceptors (Lipinski definition) is 3. The van der Waals surface area contributed by atoms with Gasteiger partial charge in [-0.15, -0.1) is 0 Å². The molecule has 1 aromatic carbocycles. The largest absolute Gasteiger partial charge is 0.495 e. The van der Waals surface area contributed by atoms with Gasteiger partial charge in [0.2, 0.25) is 0 Å². The lowest BCUT2D eigenvalue weighted by molar-refractivity contribution is 0.0697. The molecule has 3 N–H and O–H groups in total. The van der Waals surface area contributed by atoms with E-state index in [2.05, 4.69) is 10.6 Å². The highest BCUT2D eigenvalue weighted by atomic mass is 16.5. The van der Waals surface area contributed by atoms with Crippen LogP contribution < -0.4 is 15.4 Å². The number of hydrogen-bond donors (Lipinski definition) is 3. The minimum Gasteiger partial charge on any atom is -0.495 e. The third-order valence-corrected chi connectivity index (χ3v) is 2.47. The molecule has 1 rings (SSSR count). The maximum atomic E-state index is 11.7. The van der Waals surface area contributed by atoms with Crippen LogP contribution >= 0.6 is 0 Å². The molecule has 6 nitrogen and oxygen atoms in total. The molecule has 6 heteroatoms. The number of carbonyl (C=O) groups is 2. The van der Waals surface area contributed by atoms with Crippen LogP contribution in [0.4, 0.5) is 10.5 Å². The summed E-state index contributed by atoms with van der Waals surface area (Å²) in [7, 11) is 1.45. The number of carbonyl (C=O) groups excluding carboxylic acids is 1. The van der Waals surface area contributed by atoms with Gasteiger partial charge in [0.05, 0.1) is 18.4 Å². The van der Waals surface area contributed by atoms with Gasteiger partial charge in [0.15, 0.2) is 0 Å². The Morgan fingerprint density at radius 2 is 2.05 bits per heavy atom. The summed E-state index contributed by atoms with van der Waals surface area (Å²) in [4.78, 5) is 22.6. The predicted molar refractivity (Wildman–Crippen MR) is 76.4 cm³/mol. The number of allylic oxidation sites excluding steroid dienone is 1. The minimum atomic E-state index is -1.07. The number of ether oxygens (including phenoxy) is 1. The monoisotopic (exact) mass is 278 g/mol. The van der Waals surface area contributed by atoms with Gasteiger partial charge in [0.25, 0.3) is 0 Å². The van der Waals surface area contributed by atoms with E-state index in [4.69, 9.17) is 9.84 Å². The lowest BCUT2D eigenvalue weighted by Crippen LogP contribution is -2.29. The molecule has 0 aromatic heterocycles. The van der Waals surface area contributed by atoms with Crippen LogP contribution in [0.15, 0.2) is 29.8 Å². The molecule has 20 heavy (non-hydrogen) atoms. The summed E-state index contributed by atoms with van der Waals surface area (Å²) in [5, 5.41) is 14.1. The van der Waals surface area contributed by atoms with Crippen LogP contribution in [0.25, 0.3) is 0 Å². The van der Waals surface area contributed by atoms with E-state index in [1.54, 1.807) is 0 Å². The lowest BCUT2D eigenvalue weighted by atomic mass is 10.2. The number of carboxylic acids is 1. The van der Waals surface area contributed by atoms with E-state index in [0.29, 0.717) is 18.0 Å². The average molecular weight is 278 g/mol. The molecule has 0 aliphatic rings. The SMILES string of the molecule is COc1ccc(C(=O)O)cc1NC(=O)NCC=C(C)C. The molecule has 0 unspecified atom stereocenters. The molecule has 0 aliphatic heterocycles. The summed E-state index contributed by atoms with van der Waals surface area (Å²) < 4.78 is 5.08. The molecule has 2 amide bonds. The minimum absolute atomic E-state index is 0.0744. The Bertz CT molecular complexity index is 534. The van der Waals surface area contributed by atoms with Gasteiger partial charge in [-0.05, 0) is 32.0 Å². The van der Waals surface area contributed by atoms with E-state index < -0.39 is 12.0 Å². The quantitative estimate of drug-likeness (QED) is 0.722. The second kappa shape index (κ2) is 7.18. The van der Waals surface area contributed by atoms with Crippen LogP contribution in [0, 0.1) is 0 Å². The van der Waals surface area contributed by atoms with Gasteiger partial charge in [-0.25, -0.2) is 9.59 Å². The Kier molecular flexibility index (Phi) is 5.58. The average Bonchev–Trinajstić information content (AvgIpc) is 2.38. The van der Waals surface area contributed by atoms with E-state index in [9.17, 15) is 9.59 Å². The van der Waals surface area contributed by atoms with Crippen molar-refractivity contribution in [1.29, 1.82) is 0 Å². The van der Waals surface area contributed by atoms with Crippen molar-refractivity contribution in [2.75, 3.05) is 19.0 Å². The molecule has 0 radical (unpaired) electrons. The van der Waals surface area contributed by atoms with Gasteiger partial charge in [0.1, 0.15) is 5.75 Å². The maximum absolute atomic E-state index is 11.7. The van der Waals surface area contributed by atoms with Gasteiger partial charge in [-0.2, -0.15) is 0 Å². The van der Waals surface area contributed by atoms with Crippen molar-refractivity contribution in [2.24, 2.45) is 0 Å². The first-order chi connectivity index (χ1) is 9.43. The van der Waals surface area contributed by atoms with Gasteiger partial charge in [-0.1, -0.05) is 11.6 Å². The van der Waals surface area contributed by atoms with Crippen LogP contribution in [-0.2, 0) is 0 Å². The Morgan fingerprint density at radius 3 is 2.60 bits per heavy atom. The molecule has 0 bridgehead atoms. The Morgan fingerprint density at radius 1 is 1.35 bits per heavy atom. The van der Waals surface area contributed by atoms with Gasteiger partial charge in [-0.3, -0.25) is 0 Å². The Labute approximate surface area is 117 Å². The number of nitrogens with one attached hydrogen (secondary N) is 2. The first-order valence-corrected chi connectivity index (χ1v) is 6.03. The fourth-order valence-corrected chi connectivity index (χ4v) is 1.45. The summed E-state index contributed by atoms with van der Waals surface area (Å²) >= 11 is 0. The third kappa shape index (κ3) is 4.64. The fraction of sp³-hybridized carbons (Fsp3) is 0.286. The van der Waals surface area contributed by atoms with E-state index >= 15 is 0 Å². The first-order valence-electron chi connectivity index (χ1n) is 6.03. The molecule has 0 saturated carbocycles. The number of aromatic carboxylic acids is 1. The number of carboxylic acid groups (broad SMARTS) is 1. The molecule has 0 saturated heterocycles. The highest BCUT2D eigenvalue weighted by molar-refractivity contribution is 5.94. The molecular weight excluding hydrogens is 260 g/mol. The number of benzene rings is 1. The van der Waals surface area contributed by atoms with E-state index in [1.165, 1.54) is 25.3 Å². The molecule has 108 valence electrons. The van der Waals surface area contributed by atoms with Gasteiger partial charge >= 0.3 is 12.0 Å². The number of rotatable bonds is 5. The molecule has 0 atom stereocenters. The summed E-state index contributed by atoms with van der Waals surface area (Å²) in [5.74, 6) is -0.673. The van der Waals surface area contributed by atoms with Crippen LogP contribution in [0.1, 0.15) is 24.2 Å². The Hall–Kier alpha value is -2.50. The number of anilines is 1. The smallest absolute Gasteiger partial charge is 0.335 e. The lowest BCUT2D eigenvalue weighted by Gasteiger charge is -2.11. The van der Waals surface area contributed by atoms with Gasteiger partial charge in [0, 0.05) is 6.54 Å². The first kappa shape index (κ1) is 15.6. The fourth-order valence-electron chi connectivity index (χ4n) is 1.45. The number of methoxy groups -OCH3 is 1. The molecule has 0 heterocycles. The molecule has 0 spiro atoms. The zero-order valence-electron chi connectivity index (χ0n) is 11.7. The van der Waals surface area contributed by atoms with Crippen LogP contribution in [0.2, 0.25) is 0 Å². The van der Waals surface area contributed by atoms with Crippen molar-refractivity contribution >= 4 is 17.7 Å². The van der Waals surface area contributed by atoms with Crippen molar-refractivity contribution in [3.8, 4) is 5.75 Å². The summed E-state index contributed by atoms with van der Waals surface area (Å²) in [5.41, 5.74) is 1.48. The molecule has 1 aromatic rings. The highest BCUT2D eigenvalue weighted by Crippen LogP contribution is 2.25.